The first kappa shape index (κ1) is 37.5. The molecule has 0 aromatic heterocycles. The van der Waals surface area contributed by atoms with Gasteiger partial charge in [0.25, 0.3) is 0 Å². The topological polar surface area (TPSA) is 68.3 Å². The summed E-state index contributed by atoms with van der Waals surface area (Å²) >= 11 is 13.4. The second-order valence-corrected chi connectivity index (χ2v) is 18.0. The van der Waals surface area contributed by atoms with Gasteiger partial charge in [0.15, 0.2) is 20.5 Å². The van der Waals surface area contributed by atoms with Crippen molar-refractivity contribution in [2.24, 2.45) is 0 Å². The smallest absolute Gasteiger partial charge is 0.188 e. The van der Waals surface area contributed by atoms with E-state index in [2.05, 4.69) is 0 Å². The van der Waals surface area contributed by atoms with Crippen LogP contribution < -0.4 is 0 Å². The molecule has 1 rings (SSSR count). The lowest BCUT2D eigenvalue weighted by molar-refractivity contribution is -0.112. The maximum atomic E-state index is 12.0. The molecule has 12 heteroatoms. The molecule has 0 amide bonds. The first-order chi connectivity index (χ1) is 18.6. The van der Waals surface area contributed by atoms with E-state index in [-0.39, 0.29) is 20.5 Å². The summed E-state index contributed by atoms with van der Waals surface area (Å²) in [5, 5.41) is 1.12. The second-order valence-electron chi connectivity index (χ2n) is 8.45. The molecule has 1 saturated heterocycles. The van der Waals surface area contributed by atoms with Crippen molar-refractivity contribution in [2.45, 2.75) is 64.2 Å². The van der Waals surface area contributed by atoms with Crippen molar-refractivity contribution >= 4 is 115 Å². The Balaban J connectivity index is 2.22. The van der Waals surface area contributed by atoms with Crippen molar-refractivity contribution in [3.63, 3.8) is 0 Å². The molecule has 4 nitrogen and oxygen atoms in total. The Bertz CT molecular complexity index is 545. The van der Waals surface area contributed by atoms with Crippen LogP contribution in [0.1, 0.15) is 64.2 Å². The Labute approximate surface area is 264 Å². The third-order valence-corrected chi connectivity index (χ3v) is 14.5. The van der Waals surface area contributed by atoms with Gasteiger partial charge in [-0.1, -0.05) is 59.9 Å². The van der Waals surface area contributed by atoms with Crippen molar-refractivity contribution in [3.8, 4) is 0 Å². The minimum atomic E-state index is 0.280. The standard InChI is InChI=1S/C26H44O4S8/c27-23-7-3-1-4-8-24(28)36-20-16-32-12-14-34-18-22-38-26(30)10-6-2-5-9-25(29)37-21-17-33-13-11-31-15-19-35-23/h1-22H2. The summed E-state index contributed by atoms with van der Waals surface area (Å²) in [7, 11) is 0. The van der Waals surface area contributed by atoms with Gasteiger partial charge in [0, 0.05) is 94.7 Å². The monoisotopic (exact) mass is 676 g/mol. The summed E-state index contributed by atoms with van der Waals surface area (Å²) in [6.07, 6.45) is 7.90. The number of thioether (sulfide) groups is 8. The van der Waals surface area contributed by atoms with Gasteiger partial charge >= 0.3 is 0 Å². The molecule has 38 heavy (non-hydrogen) atoms. The van der Waals surface area contributed by atoms with E-state index in [4.69, 9.17) is 0 Å². The lowest BCUT2D eigenvalue weighted by atomic mass is 10.2. The highest BCUT2D eigenvalue weighted by atomic mass is 32.2. The molecule has 1 fully saturated rings. The lowest BCUT2D eigenvalue weighted by Gasteiger charge is -2.05. The molecule has 0 N–H and O–H groups in total. The van der Waals surface area contributed by atoms with Crippen LogP contribution in [0, 0.1) is 0 Å². The highest BCUT2D eigenvalue weighted by molar-refractivity contribution is 8.15. The summed E-state index contributed by atoms with van der Waals surface area (Å²) in [5.41, 5.74) is 0. The van der Waals surface area contributed by atoms with Gasteiger partial charge in [-0.3, -0.25) is 19.2 Å². The minimum absolute atomic E-state index is 0.280. The van der Waals surface area contributed by atoms with E-state index in [1.54, 1.807) is 0 Å². The fourth-order valence-corrected chi connectivity index (χ4v) is 11.2. The van der Waals surface area contributed by atoms with Gasteiger partial charge in [-0.25, -0.2) is 0 Å². The Morgan fingerprint density at radius 3 is 0.737 bits per heavy atom. The Morgan fingerprint density at radius 2 is 0.500 bits per heavy atom. The van der Waals surface area contributed by atoms with Crippen LogP contribution >= 0.6 is 94.1 Å². The lowest BCUT2D eigenvalue weighted by Crippen LogP contribution is -1.99. The van der Waals surface area contributed by atoms with Crippen LogP contribution in [0.15, 0.2) is 0 Å². The summed E-state index contributed by atoms with van der Waals surface area (Å²) in [5.74, 6) is 11.8. The second kappa shape index (κ2) is 28.6. The van der Waals surface area contributed by atoms with E-state index in [1.807, 2.05) is 47.0 Å². The van der Waals surface area contributed by atoms with Crippen molar-refractivity contribution in [3.05, 3.63) is 0 Å². The van der Waals surface area contributed by atoms with Crippen molar-refractivity contribution in [2.75, 3.05) is 69.0 Å². The van der Waals surface area contributed by atoms with Gasteiger partial charge < -0.3 is 0 Å². The third-order valence-electron chi connectivity index (χ3n) is 5.23. The fourth-order valence-electron chi connectivity index (χ4n) is 3.22. The van der Waals surface area contributed by atoms with E-state index in [9.17, 15) is 19.2 Å². The zero-order valence-electron chi connectivity index (χ0n) is 22.5. The maximum Gasteiger partial charge on any atom is 0.188 e. The van der Waals surface area contributed by atoms with E-state index in [0.717, 1.165) is 108 Å². The van der Waals surface area contributed by atoms with Crippen LogP contribution in [0.25, 0.3) is 0 Å². The molecule has 1 heterocycles. The Hall–Kier alpha value is 1.48. The van der Waals surface area contributed by atoms with Crippen LogP contribution in [-0.2, 0) is 19.2 Å². The Morgan fingerprint density at radius 1 is 0.289 bits per heavy atom. The summed E-state index contributed by atoms with van der Waals surface area (Å²) in [4.78, 5) is 48.1. The first-order valence-electron chi connectivity index (χ1n) is 13.5. The molecule has 0 bridgehead atoms. The number of rotatable bonds is 0. The molecule has 0 aromatic rings. The molecule has 1 aliphatic rings. The average Bonchev–Trinajstić information content (AvgIpc) is 2.89. The van der Waals surface area contributed by atoms with Gasteiger partial charge in [-0.05, 0) is 25.7 Å². The highest BCUT2D eigenvalue weighted by Gasteiger charge is 2.07. The van der Waals surface area contributed by atoms with Gasteiger partial charge in [-0.15, -0.1) is 0 Å². The van der Waals surface area contributed by atoms with Crippen molar-refractivity contribution < 1.29 is 19.2 Å². The zero-order chi connectivity index (χ0) is 27.5. The Kier molecular flexibility index (Phi) is 28.2. The van der Waals surface area contributed by atoms with Gasteiger partial charge in [0.2, 0.25) is 0 Å². The SMILES string of the molecule is O=C1CCCCCC(=O)SCCSCCSCCSC(=O)CCCCCC(=O)SCCSCCSCCS1. The first-order valence-corrected chi connectivity index (χ1v) is 22.1. The molecular weight excluding hydrogens is 633 g/mol. The number of carbonyl (C=O) groups excluding carboxylic acids is 4. The minimum Gasteiger partial charge on any atom is -0.287 e. The fraction of sp³-hybridized carbons (Fsp3) is 0.846. The third kappa shape index (κ3) is 26.4. The van der Waals surface area contributed by atoms with Crippen LogP contribution in [0.2, 0.25) is 0 Å². The number of hydrogen-bond donors (Lipinski definition) is 0. The molecule has 0 aliphatic carbocycles. The molecule has 0 atom stereocenters. The van der Waals surface area contributed by atoms with Crippen molar-refractivity contribution in [1.82, 2.24) is 0 Å². The van der Waals surface area contributed by atoms with Crippen LogP contribution in [0.4, 0.5) is 0 Å². The van der Waals surface area contributed by atoms with Crippen LogP contribution in [0.5, 0.6) is 0 Å². The van der Waals surface area contributed by atoms with Crippen molar-refractivity contribution in [1.29, 1.82) is 0 Å². The molecule has 0 saturated carbocycles. The number of hydrogen-bond acceptors (Lipinski definition) is 12. The van der Waals surface area contributed by atoms with Gasteiger partial charge in [-0.2, -0.15) is 47.0 Å². The normalized spacial score (nSPS) is 22.9. The molecule has 0 unspecified atom stereocenters. The van der Waals surface area contributed by atoms with E-state index in [1.165, 1.54) is 47.0 Å². The van der Waals surface area contributed by atoms with E-state index >= 15 is 0 Å². The highest BCUT2D eigenvalue weighted by Crippen LogP contribution is 2.19. The summed E-state index contributed by atoms with van der Waals surface area (Å²) in [6.45, 7) is 0. The summed E-state index contributed by atoms with van der Waals surface area (Å²) in [6, 6.07) is 0. The van der Waals surface area contributed by atoms with Gasteiger partial charge in [0.05, 0.1) is 0 Å². The predicted molar refractivity (Wildman–Crippen MR) is 185 cm³/mol. The zero-order valence-corrected chi connectivity index (χ0v) is 29.0. The molecule has 0 spiro atoms. The molecule has 1 aliphatic heterocycles. The molecule has 0 radical (unpaired) electrons. The van der Waals surface area contributed by atoms with E-state index in [0.29, 0.717) is 25.7 Å². The number of carbonyl (C=O) groups is 4. The predicted octanol–water partition coefficient (Wildman–Crippen LogP) is 7.87. The summed E-state index contributed by atoms with van der Waals surface area (Å²) < 4.78 is 0. The molecular formula is C26H44O4S8. The average molecular weight is 677 g/mol. The molecule has 0 aromatic carbocycles. The molecule has 220 valence electrons. The maximum absolute atomic E-state index is 12.0. The quantitative estimate of drug-likeness (QED) is 0.251. The largest absolute Gasteiger partial charge is 0.287 e. The van der Waals surface area contributed by atoms with E-state index < -0.39 is 0 Å². The van der Waals surface area contributed by atoms with Crippen LogP contribution in [0.3, 0.4) is 0 Å². The van der Waals surface area contributed by atoms with Crippen LogP contribution in [-0.4, -0.2) is 89.5 Å². The van der Waals surface area contributed by atoms with Gasteiger partial charge in [0.1, 0.15) is 0 Å².